The lowest BCUT2D eigenvalue weighted by molar-refractivity contribution is 0.0514. The number of piperidine rings is 1. The van der Waals surface area contributed by atoms with Gasteiger partial charge in [-0.1, -0.05) is 6.42 Å². The summed E-state index contributed by atoms with van der Waals surface area (Å²) in [6, 6.07) is 2.42. The first-order chi connectivity index (χ1) is 8.66. The fraction of sp³-hybridized carbons (Fsp3) is 0.667. The molecule has 3 rings (SSSR count). The van der Waals surface area contributed by atoms with Crippen molar-refractivity contribution >= 4 is 5.91 Å². The number of furan rings is 1. The summed E-state index contributed by atoms with van der Waals surface area (Å²) in [4.78, 5) is 14.7. The summed E-state index contributed by atoms with van der Waals surface area (Å²) in [7, 11) is 0. The Hall–Kier alpha value is -1.25. The number of likely N-dealkylation sites (tertiary alicyclic amines) is 1. The zero-order valence-electron chi connectivity index (χ0n) is 11.2. The molecule has 2 unspecified atom stereocenters. The quantitative estimate of drug-likeness (QED) is 0.763. The van der Waals surface area contributed by atoms with Crippen LogP contribution in [-0.2, 0) is 0 Å². The van der Waals surface area contributed by atoms with E-state index in [4.69, 9.17) is 4.42 Å². The summed E-state index contributed by atoms with van der Waals surface area (Å²) >= 11 is 0. The predicted octanol–water partition coefficient (Wildman–Crippen LogP) is 3.30. The first-order valence-electron chi connectivity index (χ1n) is 7.05. The van der Waals surface area contributed by atoms with E-state index in [1.165, 1.54) is 25.7 Å². The van der Waals surface area contributed by atoms with Crippen LogP contribution < -0.4 is 0 Å². The fourth-order valence-corrected chi connectivity index (χ4v) is 3.69. The second-order valence-corrected chi connectivity index (χ2v) is 5.77. The molecular formula is C15H21NO2. The first kappa shape index (κ1) is 11.8. The number of aryl methyl sites for hydroxylation is 2. The Balaban J connectivity index is 1.85. The van der Waals surface area contributed by atoms with Gasteiger partial charge in [0, 0.05) is 18.2 Å². The maximum absolute atomic E-state index is 12.6. The predicted molar refractivity (Wildman–Crippen MR) is 69.6 cm³/mol. The molecule has 1 saturated heterocycles. The van der Waals surface area contributed by atoms with Crippen LogP contribution in [0.25, 0.3) is 0 Å². The van der Waals surface area contributed by atoms with Crippen LogP contribution >= 0.6 is 0 Å². The molecule has 1 aliphatic carbocycles. The van der Waals surface area contributed by atoms with Crippen molar-refractivity contribution in [2.45, 2.75) is 52.0 Å². The van der Waals surface area contributed by atoms with Gasteiger partial charge < -0.3 is 9.32 Å². The second-order valence-electron chi connectivity index (χ2n) is 5.77. The number of amides is 1. The van der Waals surface area contributed by atoms with Crippen LogP contribution in [0.5, 0.6) is 0 Å². The van der Waals surface area contributed by atoms with Crippen LogP contribution in [0.1, 0.15) is 54.0 Å². The minimum Gasteiger partial charge on any atom is -0.456 e. The van der Waals surface area contributed by atoms with Gasteiger partial charge in [0.05, 0.1) is 0 Å². The minimum atomic E-state index is 0.109. The Labute approximate surface area is 108 Å². The van der Waals surface area contributed by atoms with E-state index in [1.54, 1.807) is 0 Å². The SMILES string of the molecule is Cc1cc(C)c(C(=O)N2CCCC3CCCC32)o1. The van der Waals surface area contributed by atoms with Gasteiger partial charge in [-0.15, -0.1) is 0 Å². The monoisotopic (exact) mass is 247 g/mol. The lowest BCUT2D eigenvalue weighted by Gasteiger charge is -2.37. The number of nitrogens with zero attached hydrogens (tertiary/aromatic N) is 1. The van der Waals surface area contributed by atoms with Crippen LogP contribution in [0.4, 0.5) is 0 Å². The molecule has 1 aliphatic heterocycles. The van der Waals surface area contributed by atoms with E-state index >= 15 is 0 Å². The molecular weight excluding hydrogens is 226 g/mol. The van der Waals surface area contributed by atoms with Gasteiger partial charge in [-0.25, -0.2) is 0 Å². The van der Waals surface area contributed by atoms with Crippen molar-refractivity contribution in [1.82, 2.24) is 4.90 Å². The van der Waals surface area contributed by atoms with E-state index in [2.05, 4.69) is 4.90 Å². The number of hydrogen-bond donors (Lipinski definition) is 0. The average molecular weight is 247 g/mol. The lowest BCUT2D eigenvalue weighted by Crippen LogP contribution is -2.46. The largest absolute Gasteiger partial charge is 0.456 e. The van der Waals surface area contributed by atoms with Crippen molar-refractivity contribution < 1.29 is 9.21 Å². The van der Waals surface area contributed by atoms with Crippen LogP contribution in [0.2, 0.25) is 0 Å². The number of hydrogen-bond acceptors (Lipinski definition) is 2. The van der Waals surface area contributed by atoms with Gasteiger partial charge in [0.25, 0.3) is 5.91 Å². The van der Waals surface area contributed by atoms with E-state index < -0.39 is 0 Å². The van der Waals surface area contributed by atoms with Gasteiger partial charge in [0.1, 0.15) is 5.76 Å². The number of carbonyl (C=O) groups is 1. The first-order valence-corrected chi connectivity index (χ1v) is 7.05. The van der Waals surface area contributed by atoms with Crippen LogP contribution in [0, 0.1) is 19.8 Å². The van der Waals surface area contributed by atoms with Crippen molar-refractivity contribution in [3.05, 3.63) is 23.2 Å². The van der Waals surface area contributed by atoms with E-state index in [1.807, 2.05) is 19.9 Å². The van der Waals surface area contributed by atoms with Crippen LogP contribution in [-0.4, -0.2) is 23.4 Å². The van der Waals surface area contributed by atoms with Crippen molar-refractivity contribution in [3.8, 4) is 0 Å². The highest BCUT2D eigenvalue weighted by molar-refractivity contribution is 5.93. The maximum atomic E-state index is 12.6. The highest BCUT2D eigenvalue weighted by Gasteiger charge is 2.38. The Morgan fingerprint density at radius 2 is 2.06 bits per heavy atom. The van der Waals surface area contributed by atoms with Gasteiger partial charge >= 0.3 is 0 Å². The molecule has 1 amide bonds. The molecule has 18 heavy (non-hydrogen) atoms. The van der Waals surface area contributed by atoms with Gasteiger partial charge in [0.2, 0.25) is 0 Å². The molecule has 1 aromatic heterocycles. The standard InChI is InChI=1S/C15H21NO2/c1-10-9-11(2)18-14(10)15(17)16-8-4-6-12-5-3-7-13(12)16/h9,12-13H,3-8H2,1-2H3. The molecule has 0 N–H and O–H groups in total. The molecule has 1 aromatic rings. The summed E-state index contributed by atoms with van der Waals surface area (Å²) < 4.78 is 5.59. The van der Waals surface area contributed by atoms with Crippen LogP contribution in [0.3, 0.4) is 0 Å². The Morgan fingerprint density at radius 3 is 2.78 bits per heavy atom. The topological polar surface area (TPSA) is 33.5 Å². The van der Waals surface area contributed by atoms with Crippen molar-refractivity contribution in [2.75, 3.05) is 6.54 Å². The third kappa shape index (κ3) is 1.86. The molecule has 2 atom stereocenters. The Morgan fingerprint density at radius 1 is 1.28 bits per heavy atom. The fourth-order valence-electron chi connectivity index (χ4n) is 3.69. The smallest absolute Gasteiger partial charge is 0.290 e. The molecule has 0 radical (unpaired) electrons. The molecule has 98 valence electrons. The van der Waals surface area contributed by atoms with E-state index in [0.717, 1.165) is 30.2 Å². The van der Waals surface area contributed by atoms with Crippen molar-refractivity contribution in [2.24, 2.45) is 5.92 Å². The Bertz CT molecular complexity index is 463. The van der Waals surface area contributed by atoms with Gasteiger partial charge in [0.15, 0.2) is 5.76 Å². The van der Waals surface area contributed by atoms with Crippen LogP contribution in [0.15, 0.2) is 10.5 Å². The van der Waals surface area contributed by atoms with Gasteiger partial charge in [-0.3, -0.25) is 4.79 Å². The molecule has 3 nitrogen and oxygen atoms in total. The number of fused-ring (bicyclic) bond motifs is 1. The van der Waals surface area contributed by atoms with Crippen molar-refractivity contribution in [1.29, 1.82) is 0 Å². The molecule has 2 fully saturated rings. The minimum absolute atomic E-state index is 0.109. The zero-order chi connectivity index (χ0) is 12.7. The maximum Gasteiger partial charge on any atom is 0.290 e. The summed E-state index contributed by atoms with van der Waals surface area (Å²) in [6.07, 6.45) is 6.19. The molecule has 0 aromatic carbocycles. The number of rotatable bonds is 1. The molecule has 0 bridgehead atoms. The molecule has 3 heteroatoms. The lowest BCUT2D eigenvalue weighted by atomic mass is 9.91. The third-order valence-electron chi connectivity index (χ3n) is 4.49. The summed E-state index contributed by atoms with van der Waals surface area (Å²) in [5.41, 5.74) is 0.970. The second kappa shape index (κ2) is 4.45. The molecule has 0 spiro atoms. The third-order valence-corrected chi connectivity index (χ3v) is 4.49. The average Bonchev–Trinajstić information content (AvgIpc) is 2.94. The summed E-state index contributed by atoms with van der Waals surface area (Å²) in [6.45, 7) is 4.76. The highest BCUT2D eigenvalue weighted by Crippen LogP contribution is 2.37. The summed E-state index contributed by atoms with van der Waals surface area (Å²) in [5, 5.41) is 0. The van der Waals surface area contributed by atoms with Gasteiger partial charge in [-0.2, -0.15) is 0 Å². The number of carbonyl (C=O) groups excluding carboxylic acids is 1. The van der Waals surface area contributed by atoms with E-state index in [9.17, 15) is 4.79 Å². The van der Waals surface area contributed by atoms with E-state index in [-0.39, 0.29) is 5.91 Å². The molecule has 1 saturated carbocycles. The highest BCUT2D eigenvalue weighted by atomic mass is 16.4. The van der Waals surface area contributed by atoms with Gasteiger partial charge in [-0.05, 0) is 51.5 Å². The van der Waals surface area contributed by atoms with E-state index in [0.29, 0.717) is 11.8 Å². The normalized spacial score (nSPS) is 27.3. The molecule has 2 heterocycles. The Kier molecular flexibility index (Phi) is 2.92. The molecule has 2 aliphatic rings. The summed E-state index contributed by atoms with van der Waals surface area (Å²) in [5.74, 6) is 2.23. The van der Waals surface area contributed by atoms with Crippen molar-refractivity contribution in [3.63, 3.8) is 0 Å². The zero-order valence-corrected chi connectivity index (χ0v) is 11.2.